The normalized spacial score (nSPS) is 22.4. The summed E-state index contributed by atoms with van der Waals surface area (Å²) in [5.41, 5.74) is 0.710. The van der Waals surface area contributed by atoms with E-state index < -0.39 is 0 Å². The molecule has 1 aliphatic carbocycles. The van der Waals surface area contributed by atoms with Crippen molar-refractivity contribution in [2.24, 2.45) is 0 Å². The molecule has 0 spiro atoms. The minimum Gasteiger partial charge on any atom is -0.339 e. The van der Waals surface area contributed by atoms with Crippen molar-refractivity contribution < 1.29 is 13.7 Å². The second-order valence-corrected chi connectivity index (χ2v) is 7.06. The predicted octanol–water partition coefficient (Wildman–Crippen LogP) is 3.91. The highest BCUT2D eigenvalue weighted by molar-refractivity contribution is 5.79. The highest BCUT2D eigenvalue weighted by atomic mass is 19.1. The molecule has 132 valence electrons. The van der Waals surface area contributed by atoms with Crippen LogP contribution in [0.5, 0.6) is 0 Å². The van der Waals surface area contributed by atoms with Crippen LogP contribution in [-0.4, -0.2) is 33.5 Å². The van der Waals surface area contributed by atoms with Gasteiger partial charge >= 0.3 is 0 Å². The van der Waals surface area contributed by atoms with Crippen LogP contribution in [0.2, 0.25) is 0 Å². The van der Waals surface area contributed by atoms with Gasteiger partial charge in [-0.3, -0.25) is 4.79 Å². The number of benzene rings is 1. The Hall–Kier alpha value is -2.24. The summed E-state index contributed by atoms with van der Waals surface area (Å²) in [6.45, 7) is 0.661. The number of rotatable bonds is 3. The highest BCUT2D eigenvalue weighted by Crippen LogP contribution is 2.33. The lowest BCUT2D eigenvalue weighted by molar-refractivity contribution is -0.129. The molecule has 2 aromatic rings. The molecule has 2 aliphatic rings. The van der Waals surface area contributed by atoms with Gasteiger partial charge in [0.2, 0.25) is 17.6 Å². The molecule has 4 rings (SSSR count). The summed E-state index contributed by atoms with van der Waals surface area (Å²) in [6, 6.07) is 6.36. The SMILES string of the molecule is O=C1C[C@@H](c2nc(-c3ccc(F)cc3)no2)CN1C1CCCCCC1. The van der Waals surface area contributed by atoms with Crippen LogP contribution in [0.25, 0.3) is 11.4 Å². The van der Waals surface area contributed by atoms with Crippen molar-refractivity contribution in [2.45, 2.75) is 56.9 Å². The Balaban J connectivity index is 1.47. The number of aromatic nitrogens is 2. The zero-order valence-corrected chi connectivity index (χ0v) is 14.2. The van der Waals surface area contributed by atoms with Gasteiger partial charge in [-0.1, -0.05) is 30.8 Å². The summed E-state index contributed by atoms with van der Waals surface area (Å²) < 4.78 is 18.4. The molecule has 1 amide bonds. The Bertz CT molecular complexity index is 735. The lowest BCUT2D eigenvalue weighted by atomic mass is 10.1. The molecule has 1 saturated carbocycles. The van der Waals surface area contributed by atoms with Crippen LogP contribution in [0, 0.1) is 5.82 Å². The van der Waals surface area contributed by atoms with Crippen molar-refractivity contribution in [1.82, 2.24) is 15.0 Å². The van der Waals surface area contributed by atoms with Gasteiger partial charge in [-0.2, -0.15) is 4.98 Å². The van der Waals surface area contributed by atoms with E-state index in [4.69, 9.17) is 4.52 Å². The van der Waals surface area contributed by atoms with Crippen molar-refractivity contribution in [3.05, 3.63) is 36.0 Å². The van der Waals surface area contributed by atoms with Gasteiger partial charge in [0.05, 0.1) is 5.92 Å². The summed E-state index contributed by atoms with van der Waals surface area (Å²) in [4.78, 5) is 18.9. The Kier molecular flexibility index (Phi) is 4.51. The number of carbonyl (C=O) groups is 1. The van der Waals surface area contributed by atoms with Crippen LogP contribution >= 0.6 is 0 Å². The molecule has 1 saturated heterocycles. The van der Waals surface area contributed by atoms with Gasteiger partial charge in [0.1, 0.15) is 5.82 Å². The first kappa shape index (κ1) is 16.2. The van der Waals surface area contributed by atoms with E-state index in [1.165, 1.54) is 37.8 Å². The second kappa shape index (κ2) is 6.94. The second-order valence-electron chi connectivity index (χ2n) is 7.06. The number of likely N-dealkylation sites (tertiary alicyclic amines) is 1. The summed E-state index contributed by atoms with van der Waals surface area (Å²) in [7, 11) is 0. The lowest BCUT2D eigenvalue weighted by Crippen LogP contribution is -2.36. The van der Waals surface area contributed by atoms with E-state index >= 15 is 0 Å². The van der Waals surface area contributed by atoms with Crippen LogP contribution in [0.3, 0.4) is 0 Å². The van der Waals surface area contributed by atoms with Gasteiger partial charge in [-0.25, -0.2) is 4.39 Å². The zero-order chi connectivity index (χ0) is 17.2. The quantitative estimate of drug-likeness (QED) is 0.793. The molecule has 1 aromatic carbocycles. The standard InChI is InChI=1S/C19H22FN3O2/c20-15-9-7-13(8-10-15)18-21-19(25-22-18)14-11-17(24)23(12-14)16-5-3-1-2-4-6-16/h7-10,14,16H,1-6,11-12H2/t14-/m1/s1. The van der Waals surface area contributed by atoms with Crippen LogP contribution < -0.4 is 0 Å². The third kappa shape index (κ3) is 3.43. The number of halogens is 1. The molecule has 1 atom stereocenters. The van der Waals surface area contributed by atoms with E-state index in [9.17, 15) is 9.18 Å². The molecular formula is C19H22FN3O2. The highest BCUT2D eigenvalue weighted by Gasteiger charge is 2.37. The maximum absolute atomic E-state index is 13.0. The molecule has 1 aliphatic heterocycles. The van der Waals surface area contributed by atoms with E-state index in [1.54, 1.807) is 12.1 Å². The van der Waals surface area contributed by atoms with E-state index in [2.05, 4.69) is 10.1 Å². The molecular weight excluding hydrogens is 321 g/mol. The number of hydrogen-bond acceptors (Lipinski definition) is 4. The van der Waals surface area contributed by atoms with Crippen LogP contribution in [0.1, 0.15) is 56.8 Å². The van der Waals surface area contributed by atoms with Crippen molar-refractivity contribution in [3.63, 3.8) is 0 Å². The molecule has 2 fully saturated rings. The van der Waals surface area contributed by atoms with E-state index in [0.29, 0.717) is 36.3 Å². The van der Waals surface area contributed by atoms with Crippen LogP contribution in [-0.2, 0) is 4.79 Å². The molecule has 5 nitrogen and oxygen atoms in total. The first-order valence-electron chi connectivity index (χ1n) is 9.10. The third-order valence-electron chi connectivity index (χ3n) is 5.32. The first-order valence-corrected chi connectivity index (χ1v) is 9.10. The number of hydrogen-bond donors (Lipinski definition) is 0. The molecule has 25 heavy (non-hydrogen) atoms. The minimum atomic E-state index is -0.298. The van der Waals surface area contributed by atoms with E-state index in [0.717, 1.165) is 12.8 Å². The van der Waals surface area contributed by atoms with Crippen molar-refractivity contribution >= 4 is 5.91 Å². The average molecular weight is 343 g/mol. The lowest BCUT2D eigenvalue weighted by Gasteiger charge is -2.26. The average Bonchev–Trinajstić information content (AvgIpc) is 3.15. The number of amides is 1. The monoisotopic (exact) mass is 343 g/mol. The topological polar surface area (TPSA) is 59.2 Å². The molecule has 1 aromatic heterocycles. The fourth-order valence-electron chi connectivity index (χ4n) is 3.94. The van der Waals surface area contributed by atoms with Crippen LogP contribution in [0.15, 0.2) is 28.8 Å². The van der Waals surface area contributed by atoms with Crippen molar-refractivity contribution in [2.75, 3.05) is 6.54 Å². The summed E-state index contributed by atoms with van der Waals surface area (Å²) >= 11 is 0. The fourth-order valence-corrected chi connectivity index (χ4v) is 3.94. The van der Waals surface area contributed by atoms with Gasteiger partial charge in [0.25, 0.3) is 0 Å². The predicted molar refractivity (Wildman–Crippen MR) is 90.3 cm³/mol. The van der Waals surface area contributed by atoms with E-state index in [1.807, 2.05) is 4.90 Å². The first-order chi connectivity index (χ1) is 12.2. The smallest absolute Gasteiger partial charge is 0.232 e. The zero-order valence-electron chi connectivity index (χ0n) is 14.2. The maximum atomic E-state index is 13.0. The molecule has 0 bridgehead atoms. The van der Waals surface area contributed by atoms with Crippen molar-refractivity contribution in [1.29, 1.82) is 0 Å². The van der Waals surface area contributed by atoms with Crippen LogP contribution in [0.4, 0.5) is 4.39 Å². The molecule has 6 heteroatoms. The Morgan fingerprint density at radius 1 is 1.08 bits per heavy atom. The van der Waals surface area contributed by atoms with E-state index in [-0.39, 0.29) is 17.6 Å². The Morgan fingerprint density at radius 2 is 1.80 bits per heavy atom. The third-order valence-corrected chi connectivity index (χ3v) is 5.32. The fraction of sp³-hybridized carbons (Fsp3) is 0.526. The number of carbonyl (C=O) groups excluding carboxylic acids is 1. The van der Waals surface area contributed by atoms with Gasteiger partial charge in [-0.15, -0.1) is 0 Å². The molecule has 0 unspecified atom stereocenters. The summed E-state index contributed by atoms with van der Waals surface area (Å²) in [5.74, 6) is 0.794. The minimum absolute atomic E-state index is 0.0440. The molecule has 0 radical (unpaired) electrons. The van der Waals surface area contributed by atoms with Gasteiger partial charge < -0.3 is 9.42 Å². The van der Waals surface area contributed by atoms with Gasteiger partial charge in [0.15, 0.2) is 0 Å². The van der Waals surface area contributed by atoms with Gasteiger partial charge in [-0.05, 0) is 37.1 Å². The summed E-state index contributed by atoms with van der Waals surface area (Å²) in [5, 5.41) is 4.00. The summed E-state index contributed by atoms with van der Waals surface area (Å²) in [6.07, 6.45) is 7.58. The Labute approximate surface area is 146 Å². The Morgan fingerprint density at radius 3 is 2.52 bits per heavy atom. The maximum Gasteiger partial charge on any atom is 0.232 e. The van der Waals surface area contributed by atoms with Crippen molar-refractivity contribution in [3.8, 4) is 11.4 Å². The molecule has 0 N–H and O–H groups in total. The largest absolute Gasteiger partial charge is 0.339 e. The molecule has 2 heterocycles. The number of nitrogens with zero attached hydrogens (tertiary/aromatic N) is 3. The van der Waals surface area contributed by atoms with Gasteiger partial charge in [0, 0.05) is 24.6 Å².